The molecule has 0 saturated carbocycles. The van der Waals surface area contributed by atoms with Gasteiger partial charge in [-0.1, -0.05) is 12.1 Å². The van der Waals surface area contributed by atoms with Gasteiger partial charge in [0, 0.05) is 13.7 Å². The lowest BCUT2D eigenvalue weighted by Gasteiger charge is -2.15. The highest BCUT2D eigenvalue weighted by Crippen LogP contribution is 2.12. The summed E-state index contributed by atoms with van der Waals surface area (Å²) in [7, 11) is 1.44. The molecule has 4 N–H and O–H groups in total. The highest BCUT2D eigenvalue weighted by atomic mass is 35.5. The molecule has 2 atom stereocenters. The van der Waals surface area contributed by atoms with E-state index in [9.17, 15) is 14.3 Å². The predicted octanol–water partition coefficient (Wildman–Crippen LogP) is 0.371. The molecule has 0 aromatic heterocycles. The lowest BCUT2D eigenvalue weighted by molar-refractivity contribution is -0.123. The van der Waals surface area contributed by atoms with Crippen LogP contribution in [-0.2, 0) is 9.53 Å². The maximum atomic E-state index is 12.7. The van der Waals surface area contributed by atoms with Crippen LogP contribution in [0, 0.1) is 5.82 Å². The molecular formula is C12H18ClFN2O3. The summed E-state index contributed by atoms with van der Waals surface area (Å²) in [6.07, 6.45) is -0.899. The summed E-state index contributed by atoms with van der Waals surface area (Å²) in [5.74, 6) is -0.782. The van der Waals surface area contributed by atoms with Gasteiger partial charge in [-0.2, -0.15) is 0 Å². The molecule has 7 heteroatoms. The molecule has 108 valence electrons. The smallest absolute Gasteiger partial charge is 0.239 e. The van der Waals surface area contributed by atoms with Crippen molar-refractivity contribution in [3.8, 4) is 0 Å². The average Bonchev–Trinajstić information content (AvgIpc) is 2.36. The first-order valence-corrected chi connectivity index (χ1v) is 5.50. The Hall–Kier alpha value is -1.21. The second-order valence-corrected chi connectivity index (χ2v) is 3.87. The van der Waals surface area contributed by atoms with Crippen LogP contribution >= 0.6 is 12.4 Å². The molecule has 0 bridgehead atoms. The molecule has 2 unspecified atom stereocenters. The molecule has 0 radical (unpaired) electrons. The second-order valence-electron chi connectivity index (χ2n) is 3.87. The number of benzene rings is 1. The van der Waals surface area contributed by atoms with E-state index in [0.717, 1.165) is 0 Å². The number of hydrogen-bond acceptors (Lipinski definition) is 4. The third-order valence-corrected chi connectivity index (χ3v) is 2.41. The zero-order valence-corrected chi connectivity index (χ0v) is 11.3. The van der Waals surface area contributed by atoms with Gasteiger partial charge in [-0.25, -0.2) is 4.39 Å². The van der Waals surface area contributed by atoms with E-state index >= 15 is 0 Å². The first-order valence-electron chi connectivity index (χ1n) is 5.50. The molecule has 1 aromatic rings. The topological polar surface area (TPSA) is 84.6 Å². The van der Waals surface area contributed by atoms with Crippen molar-refractivity contribution >= 4 is 18.3 Å². The van der Waals surface area contributed by atoms with Crippen molar-refractivity contribution in [3.63, 3.8) is 0 Å². The minimum atomic E-state index is -0.899. The number of amides is 1. The summed E-state index contributed by atoms with van der Waals surface area (Å²) >= 11 is 0. The number of carbonyl (C=O) groups excluding carboxylic acids is 1. The van der Waals surface area contributed by atoms with Crippen LogP contribution < -0.4 is 11.1 Å². The number of halogens is 2. The first kappa shape index (κ1) is 17.8. The molecule has 0 aliphatic heterocycles. The number of rotatable bonds is 6. The minimum absolute atomic E-state index is 0. The number of ether oxygens (including phenoxy) is 1. The van der Waals surface area contributed by atoms with Gasteiger partial charge in [0.2, 0.25) is 5.91 Å². The molecule has 0 spiro atoms. The Bertz CT molecular complexity index is 389. The van der Waals surface area contributed by atoms with Crippen molar-refractivity contribution in [1.82, 2.24) is 5.32 Å². The summed E-state index contributed by atoms with van der Waals surface area (Å²) in [5, 5.41) is 12.3. The van der Waals surface area contributed by atoms with Crippen molar-refractivity contribution < 1.29 is 19.0 Å². The Labute approximate surface area is 117 Å². The molecule has 0 fully saturated rings. The van der Waals surface area contributed by atoms with E-state index in [0.29, 0.717) is 5.56 Å². The lowest BCUT2D eigenvalue weighted by atomic mass is 10.1. The van der Waals surface area contributed by atoms with Gasteiger partial charge in [0.05, 0.1) is 12.7 Å². The minimum Gasteiger partial charge on any atom is -0.387 e. The number of methoxy groups -OCH3 is 1. The molecule has 0 heterocycles. The fourth-order valence-electron chi connectivity index (χ4n) is 1.39. The number of aliphatic hydroxyl groups excluding tert-OH is 1. The highest BCUT2D eigenvalue weighted by molar-refractivity contribution is 5.85. The van der Waals surface area contributed by atoms with Crippen LogP contribution in [0.25, 0.3) is 0 Å². The van der Waals surface area contributed by atoms with E-state index in [-0.39, 0.29) is 31.4 Å². The average molecular weight is 293 g/mol. The van der Waals surface area contributed by atoms with Crippen LogP contribution in [0.1, 0.15) is 11.7 Å². The molecule has 1 aromatic carbocycles. The zero-order chi connectivity index (χ0) is 13.5. The van der Waals surface area contributed by atoms with Gasteiger partial charge in [0.25, 0.3) is 0 Å². The Morgan fingerprint density at radius 2 is 2.05 bits per heavy atom. The number of hydrogen-bond donors (Lipinski definition) is 3. The van der Waals surface area contributed by atoms with Gasteiger partial charge in [0.15, 0.2) is 0 Å². The quantitative estimate of drug-likeness (QED) is 0.707. The Kier molecular flexibility index (Phi) is 8.26. The number of aliphatic hydroxyl groups is 1. The third-order valence-electron chi connectivity index (χ3n) is 2.41. The van der Waals surface area contributed by atoms with Gasteiger partial charge in [0.1, 0.15) is 11.9 Å². The summed E-state index contributed by atoms with van der Waals surface area (Å²) in [6, 6.07) is 4.65. The lowest BCUT2D eigenvalue weighted by Crippen LogP contribution is -2.44. The highest BCUT2D eigenvalue weighted by Gasteiger charge is 2.15. The van der Waals surface area contributed by atoms with Crippen LogP contribution in [0.3, 0.4) is 0 Å². The number of carbonyl (C=O) groups is 1. The zero-order valence-electron chi connectivity index (χ0n) is 10.5. The van der Waals surface area contributed by atoms with E-state index in [1.807, 2.05) is 0 Å². The molecule has 19 heavy (non-hydrogen) atoms. The normalized spacial score (nSPS) is 13.3. The van der Waals surface area contributed by atoms with Crippen molar-refractivity contribution in [2.45, 2.75) is 12.1 Å². The van der Waals surface area contributed by atoms with E-state index in [4.69, 9.17) is 10.5 Å². The summed E-state index contributed by atoms with van der Waals surface area (Å²) in [4.78, 5) is 11.4. The monoisotopic (exact) mass is 292 g/mol. The van der Waals surface area contributed by atoms with Crippen LogP contribution in [-0.4, -0.2) is 37.3 Å². The maximum absolute atomic E-state index is 12.7. The largest absolute Gasteiger partial charge is 0.387 e. The molecule has 1 amide bonds. The van der Waals surface area contributed by atoms with Crippen molar-refractivity contribution in [1.29, 1.82) is 0 Å². The maximum Gasteiger partial charge on any atom is 0.239 e. The van der Waals surface area contributed by atoms with Crippen LogP contribution in [0.4, 0.5) is 4.39 Å². The summed E-state index contributed by atoms with van der Waals surface area (Å²) < 4.78 is 17.4. The fraction of sp³-hybridized carbons (Fsp3) is 0.417. The number of nitrogens with two attached hydrogens (primary N) is 1. The SMILES string of the molecule is COCC(N)C(=O)NCC(O)c1ccc(F)cc1.Cl. The Morgan fingerprint density at radius 3 is 2.58 bits per heavy atom. The van der Waals surface area contributed by atoms with E-state index in [1.165, 1.54) is 31.4 Å². The van der Waals surface area contributed by atoms with Crippen LogP contribution in [0.15, 0.2) is 24.3 Å². The fourth-order valence-corrected chi connectivity index (χ4v) is 1.39. The summed E-state index contributed by atoms with van der Waals surface area (Å²) in [5.41, 5.74) is 6.03. The first-order chi connectivity index (χ1) is 8.54. The van der Waals surface area contributed by atoms with Crippen molar-refractivity contribution in [2.24, 2.45) is 5.73 Å². The second kappa shape index (κ2) is 8.82. The Balaban J connectivity index is 0.00000324. The molecule has 0 saturated heterocycles. The van der Waals surface area contributed by atoms with Crippen LogP contribution in [0.5, 0.6) is 0 Å². The molecule has 5 nitrogen and oxygen atoms in total. The molecular weight excluding hydrogens is 275 g/mol. The Morgan fingerprint density at radius 1 is 1.47 bits per heavy atom. The van der Waals surface area contributed by atoms with Gasteiger partial charge in [-0.15, -0.1) is 12.4 Å². The van der Waals surface area contributed by atoms with Crippen molar-refractivity contribution in [2.75, 3.05) is 20.3 Å². The van der Waals surface area contributed by atoms with Gasteiger partial charge in [-0.05, 0) is 17.7 Å². The number of nitrogens with one attached hydrogen (secondary N) is 1. The van der Waals surface area contributed by atoms with Crippen molar-refractivity contribution in [3.05, 3.63) is 35.6 Å². The van der Waals surface area contributed by atoms with E-state index < -0.39 is 18.1 Å². The standard InChI is InChI=1S/C12H17FN2O3.ClH/c1-18-7-10(14)12(17)15-6-11(16)8-2-4-9(13)5-3-8;/h2-5,10-11,16H,6-7,14H2,1H3,(H,15,17);1H. The van der Waals surface area contributed by atoms with E-state index in [1.54, 1.807) is 0 Å². The van der Waals surface area contributed by atoms with E-state index in [2.05, 4.69) is 5.32 Å². The van der Waals surface area contributed by atoms with Crippen LogP contribution in [0.2, 0.25) is 0 Å². The molecule has 0 aliphatic carbocycles. The van der Waals surface area contributed by atoms with Gasteiger partial charge in [-0.3, -0.25) is 4.79 Å². The summed E-state index contributed by atoms with van der Waals surface area (Å²) in [6.45, 7) is 0.125. The molecule has 1 rings (SSSR count). The molecule has 0 aliphatic rings. The predicted molar refractivity (Wildman–Crippen MR) is 71.5 cm³/mol. The van der Waals surface area contributed by atoms with Gasteiger partial charge >= 0.3 is 0 Å². The third kappa shape index (κ3) is 5.98. The van der Waals surface area contributed by atoms with Gasteiger partial charge < -0.3 is 20.9 Å².